The van der Waals surface area contributed by atoms with Gasteiger partial charge in [-0.1, -0.05) is 6.07 Å². The Morgan fingerprint density at radius 1 is 1.35 bits per heavy atom. The molecular formula is C14H16N2O3S. The van der Waals surface area contributed by atoms with Gasteiger partial charge in [0, 0.05) is 17.1 Å². The van der Waals surface area contributed by atoms with Gasteiger partial charge in [-0.25, -0.2) is 0 Å². The van der Waals surface area contributed by atoms with Crippen molar-refractivity contribution >= 4 is 22.9 Å². The largest absolute Gasteiger partial charge is 0.508 e. The number of benzene rings is 1. The lowest BCUT2D eigenvalue weighted by Crippen LogP contribution is -2.33. The monoisotopic (exact) mass is 292 g/mol. The van der Waals surface area contributed by atoms with Crippen LogP contribution in [0.2, 0.25) is 0 Å². The smallest absolute Gasteiger partial charge is 0.256 e. The van der Waals surface area contributed by atoms with Crippen molar-refractivity contribution in [2.45, 2.75) is 6.54 Å². The molecule has 1 aromatic carbocycles. The fraction of sp³-hybridized carbons (Fsp3) is 0.214. The molecule has 0 aliphatic carbocycles. The van der Waals surface area contributed by atoms with Crippen LogP contribution in [0.4, 0.5) is 5.69 Å². The van der Waals surface area contributed by atoms with Gasteiger partial charge in [-0.05, 0) is 29.6 Å². The molecule has 1 heterocycles. The third-order valence-corrected chi connectivity index (χ3v) is 3.71. The Morgan fingerprint density at radius 2 is 2.15 bits per heavy atom. The summed E-state index contributed by atoms with van der Waals surface area (Å²) in [5.74, 6) is -0.316. The van der Waals surface area contributed by atoms with Gasteiger partial charge in [0.05, 0.1) is 18.7 Å². The zero-order valence-corrected chi connectivity index (χ0v) is 11.6. The van der Waals surface area contributed by atoms with E-state index in [2.05, 4.69) is 0 Å². The molecule has 2 aromatic rings. The lowest BCUT2D eigenvalue weighted by Gasteiger charge is -2.22. The molecule has 0 radical (unpaired) electrons. The van der Waals surface area contributed by atoms with E-state index in [1.807, 2.05) is 17.5 Å². The summed E-state index contributed by atoms with van der Waals surface area (Å²) in [6.07, 6.45) is 0. The number of phenolic OH excluding ortho intramolecular Hbond substituents is 1. The molecule has 0 fully saturated rings. The van der Waals surface area contributed by atoms with Crippen LogP contribution in [0.5, 0.6) is 5.75 Å². The molecule has 6 heteroatoms. The van der Waals surface area contributed by atoms with Crippen molar-refractivity contribution < 1.29 is 15.0 Å². The Balaban J connectivity index is 2.24. The topological polar surface area (TPSA) is 86.8 Å². The minimum atomic E-state index is -0.305. The van der Waals surface area contributed by atoms with Crippen LogP contribution in [0.3, 0.4) is 0 Å². The molecule has 1 amide bonds. The number of carbonyl (C=O) groups is 1. The summed E-state index contributed by atoms with van der Waals surface area (Å²) in [5.41, 5.74) is 6.33. The molecule has 5 nitrogen and oxygen atoms in total. The highest BCUT2D eigenvalue weighted by Gasteiger charge is 2.19. The van der Waals surface area contributed by atoms with Crippen molar-refractivity contribution in [1.29, 1.82) is 0 Å². The maximum absolute atomic E-state index is 12.5. The first-order valence-corrected chi connectivity index (χ1v) is 7.01. The highest BCUT2D eigenvalue weighted by Crippen LogP contribution is 2.21. The second-order valence-corrected chi connectivity index (χ2v) is 5.33. The first kappa shape index (κ1) is 14.4. The van der Waals surface area contributed by atoms with E-state index in [-0.39, 0.29) is 30.4 Å². The lowest BCUT2D eigenvalue weighted by molar-refractivity contribution is 0.0710. The second kappa shape index (κ2) is 6.40. The van der Waals surface area contributed by atoms with Crippen LogP contribution in [-0.2, 0) is 6.54 Å². The highest BCUT2D eigenvalue weighted by molar-refractivity contribution is 7.09. The fourth-order valence-corrected chi connectivity index (χ4v) is 2.58. The van der Waals surface area contributed by atoms with E-state index in [1.165, 1.54) is 23.1 Å². The molecule has 106 valence electrons. The molecule has 0 unspecified atom stereocenters. The fourth-order valence-electron chi connectivity index (χ4n) is 1.86. The normalized spacial score (nSPS) is 10.4. The molecule has 0 atom stereocenters. The Bertz CT molecular complexity index is 584. The summed E-state index contributed by atoms with van der Waals surface area (Å²) >= 11 is 1.54. The van der Waals surface area contributed by atoms with Gasteiger partial charge in [-0.2, -0.15) is 0 Å². The van der Waals surface area contributed by atoms with Gasteiger partial charge in [-0.15, -0.1) is 11.3 Å². The first-order chi connectivity index (χ1) is 9.61. The van der Waals surface area contributed by atoms with Gasteiger partial charge < -0.3 is 20.8 Å². The molecule has 2 rings (SSSR count). The lowest BCUT2D eigenvalue weighted by atomic mass is 10.1. The van der Waals surface area contributed by atoms with Crippen LogP contribution in [0.15, 0.2) is 35.7 Å². The van der Waals surface area contributed by atoms with E-state index in [9.17, 15) is 9.90 Å². The van der Waals surface area contributed by atoms with E-state index >= 15 is 0 Å². The van der Waals surface area contributed by atoms with Crippen molar-refractivity contribution in [2.24, 2.45) is 0 Å². The SMILES string of the molecule is Nc1ccc(O)cc1C(=O)N(CCO)Cc1cccs1. The molecule has 1 aromatic heterocycles. The number of phenols is 1. The van der Waals surface area contributed by atoms with E-state index in [0.29, 0.717) is 12.2 Å². The summed E-state index contributed by atoms with van der Waals surface area (Å²) in [4.78, 5) is 15.0. The molecule has 0 saturated carbocycles. The number of anilines is 1. The highest BCUT2D eigenvalue weighted by atomic mass is 32.1. The maximum atomic E-state index is 12.5. The Hall–Kier alpha value is -2.05. The summed E-state index contributed by atoms with van der Waals surface area (Å²) in [7, 11) is 0. The predicted molar refractivity (Wildman–Crippen MR) is 78.7 cm³/mol. The number of hydrogen-bond acceptors (Lipinski definition) is 5. The van der Waals surface area contributed by atoms with Gasteiger partial charge in [0.1, 0.15) is 5.75 Å². The number of nitrogens with zero attached hydrogens (tertiary/aromatic N) is 1. The first-order valence-electron chi connectivity index (χ1n) is 6.13. The molecule has 0 aliphatic rings. The number of thiophene rings is 1. The molecule has 4 N–H and O–H groups in total. The van der Waals surface area contributed by atoms with Crippen molar-refractivity contribution in [3.05, 3.63) is 46.2 Å². The zero-order valence-electron chi connectivity index (χ0n) is 10.8. The minimum absolute atomic E-state index is 0.0115. The number of nitrogens with two attached hydrogens (primary N) is 1. The van der Waals surface area contributed by atoms with Crippen molar-refractivity contribution in [2.75, 3.05) is 18.9 Å². The van der Waals surface area contributed by atoms with E-state index in [4.69, 9.17) is 10.8 Å². The molecular weight excluding hydrogens is 276 g/mol. The van der Waals surface area contributed by atoms with Crippen LogP contribution in [0, 0.1) is 0 Å². The molecule has 0 spiro atoms. The van der Waals surface area contributed by atoms with Crippen LogP contribution in [0.1, 0.15) is 15.2 Å². The van der Waals surface area contributed by atoms with Crippen LogP contribution in [-0.4, -0.2) is 34.2 Å². The number of hydrogen-bond donors (Lipinski definition) is 3. The number of nitrogen functional groups attached to an aromatic ring is 1. The minimum Gasteiger partial charge on any atom is -0.508 e. The van der Waals surface area contributed by atoms with Gasteiger partial charge >= 0.3 is 0 Å². The molecule has 0 aliphatic heterocycles. The maximum Gasteiger partial charge on any atom is 0.256 e. The van der Waals surface area contributed by atoms with Crippen LogP contribution >= 0.6 is 11.3 Å². The van der Waals surface area contributed by atoms with E-state index in [0.717, 1.165) is 4.88 Å². The number of amides is 1. The van der Waals surface area contributed by atoms with Gasteiger partial charge in [0.25, 0.3) is 5.91 Å². The van der Waals surface area contributed by atoms with E-state index in [1.54, 1.807) is 11.3 Å². The Kier molecular flexibility index (Phi) is 4.60. The third-order valence-electron chi connectivity index (χ3n) is 2.85. The molecule has 20 heavy (non-hydrogen) atoms. The number of carbonyl (C=O) groups excluding carboxylic acids is 1. The average molecular weight is 292 g/mol. The quantitative estimate of drug-likeness (QED) is 0.578. The molecule has 0 saturated heterocycles. The van der Waals surface area contributed by atoms with E-state index < -0.39 is 0 Å². The Labute approximate surface area is 120 Å². The second-order valence-electron chi connectivity index (χ2n) is 4.30. The number of rotatable bonds is 5. The Morgan fingerprint density at radius 3 is 2.80 bits per heavy atom. The summed E-state index contributed by atoms with van der Waals surface area (Å²) in [6.45, 7) is 0.494. The van der Waals surface area contributed by atoms with Gasteiger partial charge in [-0.3, -0.25) is 4.79 Å². The third kappa shape index (κ3) is 3.28. The van der Waals surface area contributed by atoms with Crippen LogP contribution < -0.4 is 5.73 Å². The summed E-state index contributed by atoms with van der Waals surface area (Å²) in [5, 5.41) is 20.5. The van der Waals surface area contributed by atoms with Crippen molar-refractivity contribution in [1.82, 2.24) is 4.90 Å². The van der Waals surface area contributed by atoms with Gasteiger partial charge in [0.2, 0.25) is 0 Å². The summed E-state index contributed by atoms with van der Waals surface area (Å²) in [6, 6.07) is 8.10. The van der Waals surface area contributed by atoms with Crippen molar-refractivity contribution in [3.63, 3.8) is 0 Å². The molecule has 0 bridgehead atoms. The average Bonchev–Trinajstić information content (AvgIpc) is 2.93. The zero-order chi connectivity index (χ0) is 14.5. The number of aromatic hydroxyl groups is 1. The van der Waals surface area contributed by atoms with Gasteiger partial charge in [0.15, 0.2) is 0 Å². The van der Waals surface area contributed by atoms with Crippen molar-refractivity contribution in [3.8, 4) is 5.75 Å². The standard InChI is InChI=1S/C14H16N2O3S/c15-13-4-3-10(18)8-12(13)14(19)16(5-6-17)9-11-2-1-7-20-11/h1-4,7-8,17-18H,5-6,9,15H2. The summed E-state index contributed by atoms with van der Waals surface area (Å²) < 4.78 is 0. The number of aliphatic hydroxyl groups excluding tert-OH is 1. The predicted octanol–water partition coefficient (Wildman–Crippen LogP) is 1.67. The number of aliphatic hydroxyl groups is 1. The van der Waals surface area contributed by atoms with Crippen LogP contribution in [0.25, 0.3) is 0 Å².